The van der Waals surface area contributed by atoms with Crippen LogP contribution >= 0.6 is 11.3 Å². The van der Waals surface area contributed by atoms with Crippen LogP contribution in [0.4, 0.5) is 13.2 Å². The molecular formula is C21H11F3S. The maximum absolute atomic E-state index is 13.9. The lowest BCUT2D eigenvalue weighted by atomic mass is 10.0. The Balaban J connectivity index is 1.92. The standard InChI is InChI=1S/C21H11F3S/c1-10-2-11-8-20-15(3-12(11)5-17(10)22)16-4-13-6-18(23)19(24)7-14(13)9-21(16)25-20/h2-9H,1H3. The van der Waals surface area contributed by atoms with Crippen molar-refractivity contribution in [2.75, 3.05) is 0 Å². The van der Waals surface area contributed by atoms with E-state index in [9.17, 15) is 13.2 Å². The summed E-state index contributed by atoms with van der Waals surface area (Å²) in [5.41, 5.74) is 0.615. The van der Waals surface area contributed by atoms with Gasteiger partial charge in [-0.25, -0.2) is 13.2 Å². The maximum atomic E-state index is 13.9. The Bertz CT molecular complexity index is 1230. The predicted octanol–water partition coefficient (Wildman–Crippen LogP) is 7.09. The molecule has 0 saturated heterocycles. The molecule has 1 heterocycles. The van der Waals surface area contributed by atoms with E-state index >= 15 is 0 Å². The Labute approximate surface area is 145 Å². The third-order valence-corrected chi connectivity index (χ3v) is 5.82. The van der Waals surface area contributed by atoms with Crippen molar-refractivity contribution < 1.29 is 13.2 Å². The molecule has 5 aromatic rings. The first kappa shape index (κ1) is 14.7. The summed E-state index contributed by atoms with van der Waals surface area (Å²) in [4.78, 5) is 0. The zero-order valence-corrected chi connectivity index (χ0v) is 14.0. The fraction of sp³-hybridized carbons (Fsp3) is 0.0476. The highest BCUT2D eigenvalue weighted by atomic mass is 32.1. The van der Waals surface area contributed by atoms with Crippen LogP contribution in [0.15, 0.2) is 48.5 Å². The molecule has 1 aromatic heterocycles. The first-order valence-electron chi connectivity index (χ1n) is 7.84. The number of hydrogen-bond donors (Lipinski definition) is 0. The lowest BCUT2D eigenvalue weighted by molar-refractivity contribution is 0.511. The van der Waals surface area contributed by atoms with Crippen molar-refractivity contribution in [1.29, 1.82) is 0 Å². The fourth-order valence-electron chi connectivity index (χ4n) is 3.40. The van der Waals surface area contributed by atoms with E-state index in [-0.39, 0.29) is 5.82 Å². The number of halogens is 3. The van der Waals surface area contributed by atoms with Crippen LogP contribution in [0.2, 0.25) is 0 Å². The summed E-state index contributed by atoms with van der Waals surface area (Å²) in [6.45, 7) is 1.75. The summed E-state index contributed by atoms with van der Waals surface area (Å²) >= 11 is 1.60. The molecular weight excluding hydrogens is 341 g/mol. The Morgan fingerprint density at radius 2 is 1.00 bits per heavy atom. The molecule has 0 radical (unpaired) electrons. The molecule has 0 amide bonds. The average molecular weight is 352 g/mol. The molecule has 0 saturated carbocycles. The van der Waals surface area contributed by atoms with Gasteiger partial charge in [0.25, 0.3) is 0 Å². The van der Waals surface area contributed by atoms with Crippen molar-refractivity contribution in [2.24, 2.45) is 0 Å². The van der Waals surface area contributed by atoms with E-state index in [0.29, 0.717) is 16.3 Å². The van der Waals surface area contributed by atoms with Crippen LogP contribution in [0, 0.1) is 24.4 Å². The average Bonchev–Trinajstić information content (AvgIpc) is 2.90. The molecule has 122 valence electrons. The molecule has 5 rings (SSSR count). The highest BCUT2D eigenvalue weighted by molar-refractivity contribution is 7.26. The number of thiophene rings is 1. The Morgan fingerprint density at radius 1 is 0.560 bits per heavy atom. The molecule has 0 unspecified atom stereocenters. The summed E-state index contributed by atoms with van der Waals surface area (Å²) in [5, 5.41) is 5.12. The van der Waals surface area contributed by atoms with E-state index in [4.69, 9.17) is 0 Å². The van der Waals surface area contributed by atoms with Crippen LogP contribution in [0.3, 0.4) is 0 Å². The Morgan fingerprint density at radius 3 is 1.56 bits per heavy atom. The Hall–Kier alpha value is -2.59. The van der Waals surface area contributed by atoms with E-state index in [1.54, 1.807) is 24.3 Å². The molecule has 0 fully saturated rings. The number of rotatable bonds is 0. The first-order chi connectivity index (χ1) is 12.0. The van der Waals surface area contributed by atoms with Gasteiger partial charge in [-0.2, -0.15) is 0 Å². The third-order valence-electron chi connectivity index (χ3n) is 4.70. The molecule has 0 aliphatic carbocycles. The lowest BCUT2D eigenvalue weighted by Crippen LogP contribution is -1.84. The van der Waals surface area contributed by atoms with E-state index in [2.05, 4.69) is 0 Å². The van der Waals surface area contributed by atoms with Gasteiger partial charge in [0, 0.05) is 20.2 Å². The van der Waals surface area contributed by atoms with Gasteiger partial charge in [0.2, 0.25) is 0 Å². The van der Waals surface area contributed by atoms with Gasteiger partial charge in [0.1, 0.15) is 5.82 Å². The molecule has 0 spiro atoms. The lowest BCUT2D eigenvalue weighted by Gasteiger charge is -2.03. The molecule has 0 nitrogen and oxygen atoms in total. The first-order valence-corrected chi connectivity index (χ1v) is 8.66. The van der Waals surface area contributed by atoms with Crippen LogP contribution in [-0.4, -0.2) is 0 Å². The van der Waals surface area contributed by atoms with E-state index in [1.165, 1.54) is 12.1 Å². The molecule has 4 aromatic carbocycles. The third kappa shape index (κ3) is 2.14. The molecule has 0 N–H and O–H groups in total. The minimum absolute atomic E-state index is 0.227. The second-order valence-corrected chi connectivity index (χ2v) is 7.44. The van der Waals surface area contributed by atoms with Gasteiger partial charge in [0.15, 0.2) is 11.6 Å². The van der Waals surface area contributed by atoms with Gasteiger partial charge < -0.3 is 0 Å². The summed E-state index contributed by atoms with van der Waals surface area (Å²) < 4.78 is 43.1. The minimum Gasteiger partial charge on any atom is -0.207 e. The SMILES string of the molecule is Cc1cc2cc3sc4cc5cc(F)c(F)cc5cc4c3cc2cc1F. The zero-order valence-electron chi connectivity index (χ0n) is 13.2. The van der Waals surface area contributed by atoms with E-state index in [0.717, 1.165) is 30.9 Å². The van der Waals surface area contributed by atoms with Crippen LogP contribution in [0.25, 0.3) is 41.7 Å². The van der Waals surface area contributed by atoms with Gasteiger partial charge in [0.05, 0.1) is 0 Å². The predicted molar refractivity (Wildman–Crippen MR) is 99.0 cm³/mol. The normalized spacial score (nSPS) is 12.0. The van der Waals surface area contributed by atoms with Crippen LogP contribution in [0.5, 0.6) is 0 Å². The van der Waals surface area contributed by atoms with Gasteiger partial charge in [-0.3, -0.25) is 0 Å². The van der Waals surface area contributed by atoms with Crippen molar-refractivity contribution in [3.05, 3.63) is 71.5 Å². The van der Waals surface area contributed by atoms with Crippen molar-refractivity contribution in [2.45, 2.75) is 6.92 Å². The van der Waals surface area contributed by atoms with Crippen LogP contribution in [-0.2, 0) is 0 Å². The number of aryl methyl sites for hydroxylation is 1. The summed E-state index contributed by atoms with van der Waals surface area (Å²) in [6.07, 6.45) is 0. The van der Waals surface area contributed by atoms with Crippen LogP contribution in [0.1, 0.15) is 5.56 Å². The molecule has 25 heavy (non-hydrogen) atoms. The monoisotopic (exact) mass is 352 g/mol. The van der Waals surface area contributed by atoms with Crippen molar-refractivity contribution in [3.8, 4) is 0 Å². The van der Waals surface area contributed by atoms with E-state index in [1.807, 2.05) is 30.3 Å². The summed E-state index contributed by atoms with van der Waals surface area (Å²) in [6, 6.07) is 13.6. The van der Waals surface area contributed by atoms with Crippen molar-refractivity contribution >= 4 is 53.1 Å². The molecule has 4 heteroatoms. The molecule has 0 bridgehead atoms. The maximum Gasteiger partial charge on any atom is 0.159 e. The fourth-order valence-corrected chi connectivity index (χ4v) is 4.56. The largest absolute Gasteiger partial charge is 0.207 e. The zero-order chi connectivity index (χ0) is 17.3. The van der Waals surface area contributed by atoms with Gasteiger partial charge in [-0.1, -0.05) is 0 Å². The van der Waals surface area contributed by atoms with Gasteiger partial charge in [-0.05, 0) is 82.6 Å². The molecule has 0 aliphatic rings. The van der Waals surface area contributed by atoms with Crippen molar-refractivity contribution in [3.63, 3.8) is 0 Å². The van der Waals surface area contributed by atoms with Gasteiger partial charge in [-0.15, -0.1) is 11.3 Å². The topological polar surface area (TPSA) is 0 Å². The highest BCUT2D eigenvalue weighted by Gasteiger charge is 2.11. The van der Waals surface area contributed by atoms with Crippen LogP contribution < -0.4 is 0 Å². The number of hydrogen-bond acceptors (Lipinski definition) is 1. The number of benzene rings is 4. The molecule has 0 aliphatic heterocycles. The smallest absolute Gasteiger partial charge is 0.159 e. The van der Waals surface area contributed by atoms with Gasteiger partial charge >= 0.3 is 0 Å². The van der Waals surface area contributed by atoms with E-state index < -0.39 is 11.6 Å². The second-order valence-electron chi connectivity index (χ2n) is 6.36. The van der Waals surface area contributed by atoms with Crippen molar-refractivity contribution in [1.82, 2.24) is 0 Å². The second kappa shape index (κ2) is 4.96. The molecule has 0 atom stereocenters. The number of fused-ring (bicyclic) bond motifs is 5. The summed E-state index contributed by atoms with van der Waals surface area (Å²) in [5.74, 6) is -1.92. The Kier molecular flexibility index (Phi) is 2.92. The minimum atomic E-state index is -0.852. The quantitative estimate of drug-likeness (QED) is 0.279. The summed E-state index contributed by atoms with van der Waals surface area (Å²) in [7, 11) is 0. The highest BCUT2D eigenvalue weighted by Crippen LogP contribution is 2.39.